The fraction of sp³-hybridized carbons (Fsp3) is 1.00. The monoisotopic (exact) mass is 612 g/mol. The molecule has 0 aliphatic carbocycles. The number of halogens is 1. The lowest BCUT2D eigenvalue weighted by Gasteiger charge is -2.44. The van der Waals surface area contributed by atoms with Crippen LogP contribution in [0.15, 0.2) is 0 Å². The molecule has 0 spiro atoms. The minimum Gasteiger partial charge on any atom is -0.328 e. The van der Waals surface area contributed by atoms with Crippen LogP contribution in [0.25, 0.3) is 0 Å². The smallest absolute Gasteiger partial charge is 0.276 e. The average Bonchev–Trinajstić information content (AvgIpc) is 2.74. The molecule has 2 N–H and O–H groups in total. The molecule has 3 heterocycles. The van der Waals surface area contributed by atoms with E-state index < -0.39 is 24.8 Å². The Morgan fingerprint density at radius 3 is 1.03 bits per heavy atom. The standard InChI is InChI=1S/C13H27NO4P2.C5H10ClO2P.C3H9N.C2H6.2CH4/c1-11(2)14(19-15-7-12(3,4)8-16-19)20-17-9-13(5,6)10-18-20;1-5(2)3-7-9(6)8-4-5;1-3(2)4;1-2;;/h11H,7-10H2,1-6H3;3-4H2,1-2H3;3H,4H2,1-2H3;1-2H3;2*1H4. The van der Waals surface area contributed by atoms with Crippen molar-refractivity contribution in [2.45, 2.75) is 110 Å². The van der Waals surface area contributed by atoms with Crippen LogP contribution in [0.3, 0.4) is 0 Å². The molecule has 0 unspecified atom stereocenters. The topological polar surface area (TPSA) is 84.6 Å². The van der Waals surface area contributed by atoms with Gasteiger partial charge in [0.25, 0.3) is 24.8 Å². The molecule has 0 bridgehead atoms. The maximum absolute atomic E-state index is 5.95. The number of nitrogens with two attached hydrogens (primary N) is 1. The predicted molar refractivity (Wildman–Crippen MR) is 165 cm³/mol. The normalized spacial score (nSPS) is 23.3. The SMILES string of the molecule is C.C.CC.CC(C)N.CC(C)N(P1OCC(C)(C)CO1)P1OCC(C)(C)CO1.CC1(C)COP(Cl)OC1. The molecule has 228 valence electrons. The number of hydrogen-bond acceptors (Lipinski definition) is 8. The molecule has 3 aliphatic rings. The summed E-state index contributed by atoms with van der Waals surface area (Å²) in [6.07, 6.45) is 0. The summed E-state index contributed by atoms with van der Waals surface area (Å²) in [6.45, 7) is 29.2. The highest BCUT2D eigenvalue weighted by Gasteiger charge is 2.42. The van der Waals surface area contributed by atoms with Crippen molar-refractivity contribution in [3.63, 3.8) is 0 Å². The van der Waals surface area contributed by atoms with Crippen molar-refractivity contribution >= 4 is 36.0 Å². The second kappa shape index (κ2) is 20.2. The van der Waals surface area contributed by atoms with Crippen LogP contribution in [-0.2, 0) is 27.1 Å². The molecule has 12 heteroatoms. The van der Waals surface area contributed by atoms with Gasteiger partial charge in [0.05, 0.1) is 39.6 Å². The van der Waals surface area contributed by atoms with E-state index in [0.29, 0.717) is 19.3 Å². The van der Waals surface area contributed by atoms with Crippen molar-refractivity contribution in [1.82, 2.24) is 4.44 Å². The third kappa shape index (κ3) is 19.1. The summed E-state index contributed by atoms with van der Waals surface area (Å²) in [5.74, 6) is 0. The Bertz CT molecular complexity index is 514. The molecule has 3 rings (SSSR count). The zero-order valence-electron chi connectivity index (χ0n) is 24.1. The van der Waals surface area contributed by atoms with Gasteiger partial charge in [-0.25, -0.2) is 0 Å². The van der Waals surface area contributed by atoms with Crippen LogP contribution < -0.4 is 5.73 Å². The maximum atomic E-state index is 5.95. The number of hydrogen-bond donors (Lipinski definition) is 1. The average molecular weight is 613 g/mol. The van der Waals surface area contributed by atoms with E-state index in [9.17, 15) is 0 Å². The third-order valence-corrected chi connectivity index (χ3v) is 9.29. The zero-order valence-corrected chi connectivity index (χ0v) is 27.5. The largest absolute Gasteiger partial charge is 0.328 e. The van der Waals surface area contributed by atoms with Gasteiger partial charge < -0.3 is 32.9 Å². The lowest BCUT2D eigenvalue weighted by molar-refractivity contribution is 0.0306. The molecule has 0 aromatic heterocycles. The molecular weight excluding hydrogens is 553 g/mol. The van der Waals surface area contributed by atoms with E-state index in [4.69, 9.17) is 44.1 Å². The first kappa shape index (κ1) is 42.7. The maximum Gasteiger partial charge on any atom is 0.276 e. The molecule has 3 fully saturated rings. The van der Waals surface area contributed by atoms with E-state index in [1.54, 1.807) is 0 Å². The number of nitrogens with zero attached hydrogens (tertiary/aromatic N) is 1. The van der Waals surface area contributed by atoms with Crippen LogP contribution in [0.2, 0.25) is 0 Å². The van der Waals surface area contributed by atoms with Gasteiger partial charge in [-0.2, -0.15) is 4.44 Å². The highest BCUT2D eigenvalue weighted by molar-refractivity contribution is 7.76. The molecule has 3 saturated heterocycles. The van der Waals surface area contributed by atoms with Crippen molar-refractivity contribution in [2.75, 3.05) is 39.6 Å². The van der Waals surface area contributed by atoms with Crippen molar-refractivity contribution in [2.24, 2.45) is 22.0 Å². The second-order valence-electron chi connectivity index (χ2n) is 11.5. The molecule has 0 aromatic carbocycles. The van der Waals surface area contributed by atoms with E-state index in [2.05, 4.69) is 59.8 Å². The molecule has 0 saturated carbocycles. The van der Waals surface area contributed by atoms with Gasteiger partial charge in [0.1, 0.15) is 0 Å². The Morgan fingerprint density at radius 1 is 0.622 bits per heavy atom. The molecule has 37 heavy (non-hydrogen) atoms. The summed E-state index contributed by atoms with van der Waals surface area (Å²) in [6, 6.07) is 0.606. The molecule has 3 aliphatic heterocycles. The Morgan fingerprint density at radius 2 is 0.838 bits per heavy atom. The first-order valence-corrected chi connectivity index (χ1v) is 16.8. The predicted octanol–water partition coefficient (Wildman–Crippen LogP) is 9.47. The lowest BCUT2D eigenvalue weighted by Crippen LogP contribution is -2.36. The summed E-state index contributed by atoms with van der Waals surface area (Å²) in [7, 11) is -3.23. The van der Waals surface area contributed by atoms with Crippen molar-refractivity contribution in [1.29, 1.82) is 0 Å². The Labute approximate surface area is 239 Å². The summed E-state index contributed by atoms with van der Waals surface area (Å²) in [5.41, 5.74) is 5.43. The van der Waals surface area contributed by atoms with E-state index in [1.807, 2.05) is 27.7 Å². The van der Waals surface area contributed by atoms with Crippen LogP contribution in [0.4, 0.5) is 0 Å². The fourth-order valence-electron chi connectivity index (χ4n) is 2.28. The lowest BCUT2D eigenvalue weighted by atomic mass is 9.97. The van der Waals surface area contributed by atoms with Gasteiger partial charge in [-0.3, -0.25) is 0 Å². The van der Waals surface area contributed by atoms with E-state index >= 15 is 0 Å². The molecule has 0 amide bonds. The van der Waals surface area contributed by atoms with Gasteiger partial charge in [-0.1, -0.05) is 84.1 Å². The summed E-state index contributed by atoms with van der Waals surface area (Å²) in [4.78, 5) is 0. The van der Waals surface area contributed by atoms with Gasteiger partial charge in [0.15, 0.2) is 0 Å². The summed E-state index contributed by atoms with van der Waals surface area (Å²) < 4.78 is 36.1. The molecule has 0 atom stereocenters. The minimum absolute atomic E-state index is 0. The van der Waals surface area contributed by atoms with Crippen LogP contribution in [0.1, 0.15) is 97.9 Å². The van der Waals surface area contributed by atoms with Gasteiger partial charge in [-0.05, 0) is 31.1 Å². The van der Waals surface area contributed by atoms with Gasteiger partial charge in [-0.15, -0.1) is 0 Å². The summed E-state index contributed by atoms with van der Waals surface area (Å²) in [5, 5.41) is 0. The Kier molecular flexibility index (Phi) is 23.3. The Hall–Kier alpha value is 1.26. The minimum atomic E-state index is -1.08. The second-order valence-corrected chi connectivity index (χ2v) is 16.4. The van der Waals surface area contributed by atoms with Crippen molar-refractivity contribution in [3.05, 3.63) is 0 Å². The highest BCUT2D eigenvalue weighted by Crippen LogP contribution is 2.64. The van der Waals surface area contributed by atoms with E-state index in [-0.39, 0.29) is 37.1 Å². The first-order chi connectivity index (χ1) is 16.0. The zero-order chi connectivity index (χ0) is 27.4. The van der Waals surface area contributed by atoms with Crippen LogP contribution >= 0.6 is 36.0 Å². The molecule has 8 nitrogen and oxygen atoms in total. The molecular formula is C25H60ClN2O6P3. The highest BCUT2D eigenvalue weighted by atomic mass is 35.7. The number of rotatable bonds is 3. The van der Waals surface area contributed by atoms with Gasteiger partial charge >= 0.3 is 0 Å². The quantitative estimate of drug-likeness (QED) is 0.315. The van der Waals surface area contributed by atoms with Crippen molar-refractivity contribution in [3.8, 4) is 0 Å². The molecule has 0 aromatic rings. The van der Waals surface area contributed by atoms with E-state index in [0.717, 1.165) is 26.4 Å². The summed E-state index contributed by atoms with van der Waals surface area (Å²) >= 11 is 5.56. The first-order valence-electron chi connectivity index (χ1n) is 12.4. The Balaban J connectivity index is -0.000000570. The van der Waals surface area contributed by atoms with Gasteiger partial charge in [0, 0.05) is 22.3 Å². The fourth-order valence-corrected chi connectivity index (χ4v) is 7.86. The van der Waals surface area contributed by atoms with Crippen LogP contribution in [0.5, 0.6) is 0 Å². The van der Waals surface area contributed by atoms with Gasteiger partial charge in [0.2, 0.25) is 0 Å². The van der Waals surface area contributed by atoms with Crippen LogP contribution in [0, 0.1) is 16.2 Å². The van der Waals surface area contributed by atoms with Crippen LogP contribution in [-0.4, -0.2) is 56.2 Å². The molecule has 0 radical (unpaired) electrons. The third-order valence-electron chi connectivity index (χ3n) is 4.17. The van der Waals surface area contributed by atoms with Crippen molar-refractivity contribution < 1.29 is 27.1 Å². The van der Waals surface area contributed by atoms with E-state index in [1.165, 1.54) is 0 Å².